The summed E-state index contributed by atoms with van der Waals surface area (Å²) in [7, 11) is 1.71. The van der Waals surface area contributed by atoms with Gasteiger partial charge in [0.1, 0.15) is 5.78 Å². The number of hydrogen-bond donors (Lipinski definition) is 0. The number of hydrogen-bond acceptors (Lipinski definition) is 2. The molecule has 2 heteroatoms. The number of ether oxygens (including phenoxy) is 1. The molecule has 2 saturated carbocycles. The zero-order valence-corrected chi connectivity index (χ0v) is 8.79. The molecule has 0 aromatic carbocycles. The van der Waals surface area contributed by atoms with Crippen molar-refractivity contribution < 1.29 is 9.53 Å². The molecule has 0 radical (unpaired) electrons. The number of ketones is 1. The van der Waals surface area contributed by atoms with Gasteiger partial charge in [-0.3, -0.25) is 4.79 Å². The van der Waals surface area contributed by atoms with Gasteiger partial charge >= 0.3 is 0 Å². The van der Waals surface area contributed by atoms with Crippen molar-refractivity contribution >= 4 is 5.78 Å². The lowest BCUT2D eigenvalue weighted by molar-refractivity contribution is -0.123. The highest BCUT2D eigenvalue weighted by Gasteiger charge is 2.32. The van der Waals surface area contributed by atoms with Gasteiger partial charge in [0.05, 0.1) is 13.4 Å². The molecular weight excluding hydrogens is 176 g/mol. The van der Waals surface area contributed by atoms with Gasteiger partial charge in [0.2, 0.25) is 0 Å². The van der Waals surface area contributed by atoms with Crippen molar-refractivity contribution in [3.05, 3.63) is 11.8 Å². The third-order valence-electron chi connectivity index (χ3n) is 3.60. The smallest absolute Gasteiger partial charge is 0.133 e. The van der Waals surface area contributed by atoms with Crippen LogP contribution in [-0.4, -0.2) is 12.9 Å². The van der Waals surface area contributed by atoms with E-state index in [0.29, 0.717) is 11.7 Å². The summed E-state index contributed by atoms with van der Waals surface area (Å²) in [5.74, 6) is 1.90. The predicted molar refractivity (Wildman–Crippen MR) is 54.8 cm³/mol. The molecule has 0 bridgehead atoms. The fourth-order valence-corrected chi connectivity index (χ4v) is 2.83. The number of allylic oxidation sites excluding steroid dienone is 1. The number of carbonyl (C=O) groups excluding carboxylic acids is 1. The molecule has 0 unspecified atom stereocenters. The maximum Gasteiger partial charge on any atom is 0.133 e. The zero-order chi connectivity index (χ0) is 9.97. The van der Waals surface area contributed by atoms with Crippen LogP contribution in [0, 0.1) is 11.8 Å². The molecule has 0 N–H and O–H groups in total. The predicted octanol–water partition coefficient (Wildman–Crippen LogP) is 2.69. The molecule has 2 aliphatic carbocycles. The van der Waals surface area contributed by atoms with Gasteiger partial charge in [-0.15, -0.1) is 0 Å². The van der Waals surface area contributed by atoms with E-state index >= 15 is 0 Å². The standard InChI is InChI=1S/C12H18O2/c1-14-8-9-2-3-11-7-12(13)5-4-10(11)6-9/h8,10-11H,2-7H2,1H3/b9-8-/t10-,11+/m0/s1. The number of methoxy groups -OCH3 is 1. The van der Waals surface area contributed by atoms with Gasteiger partial charge in [-0.05, 0) is 43.1 Å². The van der Waals surface area contributed by atoms with Crippen molar-refractivity contribution in [3.63, 3.8) is 0 Å². The fourth-order valence-electron chi connectivity index (χ4n) is 2.83. The van der Waals surface area contributed by atoms with Gasteiger partial charge in [0.25, 0.3) is 0 Å². The van der Waals surface area contributed by atoms with Gasteiger partial charge in [0.15, 0.2) is 0 Å². The molecule has 0 aromatic rings. The minimum absolute atomic E-state index is 0.477. The van der Waals surface area contributed by atoms with Crippen LogP contribution in [-0.2, 0) is 9.53 Å². The van der Waals surface area contributed by atoms with Crippen molar-refractivity contribution in [2.24, 2.45) is 11.8 Å². The van der Waals surface area contributed by atoms with Crippen molar-refractivity contribution in [3.8, 4) is 0 Å². The van der Waals surface area contributed by atoms with Crippen LogP contribution >= 0.6 is 0 Å². The van der Waals surface area contributed by atoms with Crippen LogP contribution in [0.4, 0.5) is 0 Å². The Hall–Kier alpha value is -0.790. The molecule has 2 nitrogen and oxygen atoms in total. The summed E-state index contributed by atoms with van der Waals surface area (Å²) >= 11 is 0. The zero-order valence-electron chi connectivity index (χ0n) is 8.79. The van der Waals surface area contributed by atoms with Gasteiger partial charge < -0.3 is 4.74 Å². The van der Waals surface area contributed by atoms with E-state index in [0.717, 1.165) is 38.0 Å². The van der Waals surface area contributed by atoms with Crippen LogP contribution in [0.25, 0.3) is 0 Å². The minimum atomic E-state index is 0.477. The first-order chi connectivity index (χ1) is 6.79. The SMILES string of the molecule is CO/C=C1/CC[C@@H]2CC(=O)CC[C@H]2C1. The Bertz CT molecular complexity index is 255. The van der Waals surface area contributed by atoms with Crippen LogP contribution < -0.4 is 0 Å². The highest BCUT2D eigenvalue weighted by Crippen LogP contribution is 2.41. The van der Waals surface area contributed by atoms with E-state index in [9.17, 15) is 4.79 Å². The molecule has 2 atom stereocenters. The molecule has 2 rings (SSSR count). The number of carbonyl (C=O) groups is 1. The summed E-state index contributed by atoms with van der Waals surface area (Å²) in [5, 5.41) is 0. The fraction of sp³-hybridized carbons (Fsp3) is 0.750. The van der Waals surface area contributed by atoms with Crippen molar-refractivity contribution in [1.82, 2.24) is 0 Å². The number of fused-ring (bicyclic) bond motifs is 1. The summed E-state index contributed by atoms with van der Waals surface area (Å²) in [6.07, 6.45) is 8.11. The van der Waals surface area contributed by atoms with E-state index in [4.69, 9.17) is 4.74 Å². The minimum Gasteiger partial charge on any atom is -0.504 e. The Kier molecular flexibility index (Phi) is 2.90. The summed E-state index contributed by atoms with van der Waals surface area (Å²) in [6.45, 7) is 0. The molecule has 0 spiro atoms. The van der Waals surface area contributed by atoms with E-state index in [1.165, 1.54) is 12.0 Å². The second-order valence-corrected chi connectivity index (χ2v) is 4.56. The Balaban J connectivity index is 1.98. The Morgan fingerprint density at radius 1 is 1.21 bits per heavy atom. The van der Waals surface area contributed by atoms with Crippen LogP contribution in [0.2, 0.25) is 0 Å². The molecule has 78 valence electrons. The molecular formula is C12H18O2. The maximum atomic E-state index is 11.3. The van der Waals surface area contributed by atoms with E-state index in [1.54, 1.807) is 7.11 Å². The number of rotatable bonds is 1. The van der Waals surface area contributed by atoms with E-state index in [-0.39, 0.29) is 0 Å². The lowest BCUT2D eigenvalue weighted by atomic mass is 9.69. The first-order valence-electron chi connectivity index (χ1n) is 5.52. The quantitative estimate of drug-likeness (QED) is 0.600. The summed E-state index contributed by atoms with van der Waals surface area (Å²) in [4.78, 5) is 11.3. The summed E-state index contributed by atoms with van der Waals surface area (Å²) in [6, 6.07) is 0. The normalized spacial score (nSPS) is 35.5. The van der Waals surface area contributed by atoms with Crippen LogP contribution in [0.1, 0.15) is 38.5 Å². The first-order valence-corrected chi connectivity index (χ1v) is 5.52. The van der Waals surface area contributed by atoms with E-state index in [2.05, 4.69) is 0 Å². The second-order valence-electron chi connectivity index (χ2n) is 4.56. The van der Waals surface area contributed by atoms with Gasteiger partial charge in [-0.1, -0.05) is 0 Å². The van der Waals surface area contributed by atoms with E-state index in [1.807, 2.05) is 6.26 Å². The lowest BCUT2D eigenvalue weighted by Crippen LogP contribution is -2.28. The maximum absolute atomic E-state index is 11.3. The summed E-state index contributed by atoms with van der Waals surface area (Å²) in [5.41, 5.74) is 1.43. The van der Waals surface area contributed by atoms with Gasteiger partial charge in [-0.2, -0.15) is 0 Å². The molecule has 2 aliphatic rings. The molecule has 0 amide bonds. The van der Waals surface area contributed by atoms with Crippen molar-refractivity contribution in [2.45, 2.75) is 38.5 Å². The molecule has 0 saturated heterocycles. The lowest BCUT2D eigenvalue weighted by Gasteiger charge is -2.35. The highest BCUT2D eigenvalue weighted by molar-refractivity contribution is 5.79. The van der Waals surface area contributed by atoms with Crippen LogP contribution in [0.3, 0.4) is 0 Å². The monoisotopic (exact) mass is 194 g/mol. The largest absolute Gasteiger partial charge is 0.504 e. The number of Topliss-reactive ketones (excluding diaryl/α,β-unsaturated/α-hetero) is 1. The second kappa shape index (κ2) is 4.16. The highest BCUT2D eigenvalue weighted by atomic mass is 16.5. The topological polar surface area (TPSA) is 26.3 Å². The molecule has 0 heterocycles. The average molecular weight is 194 g/mol. The summed E-state index contributed by atoms with van der Waals surface area (Å²) < 4.78 is 5.05. The first kappa shape index (κ1) is 9.75. The van der Waals surface area contributed by atoms with Crippen LogP contribution in [0.15, 0.2) is 11.8 Å². The Morgan fingerprint density at radius 2 is 1.93 bits per heavy atom. The van der Waals surface area contributed by atoms with E-state index < -0.39 is 0 Å². The molecule has 14 heavy (non-hydrogen) atoms. The Morgan fingerprint density at radius 3 is 2.71 bits per heavy atom. The van der Waals surface area contributed by atoms with Crippen molar-refractivity contribution in [2.75, 3.05) is 7.11 Å². The van der Waals surface area contributed by atoms with Crippen LogP contribution in [0.5, 0.6) is 0 Å². The average Bonchev–Trinajstić information content (AvgIpc) is 2.19. The molecule has 0 aromatic heterocycles. The van der Waals surface area contributed by atoms with Crippen molar-refractivity contribution in [1.29, 1.82) is 0 Å². The van der Waals surface area contributed by atoms with Gasteiger partial charge in [-0.25, -0.2) is 0 Å². The van der Waals surface area contributed by atoms with Gasteiger partial charge in [0, 0.05) is 12.8 Å². The molecule has 0 aliphatic heterocycles. The third-order valence-corrected chi connectivity index (χ3v) is 3.60. The molecule has 2 fully saturated rings. The Labute approximate surface area is 85.3 Å². The third kappa shape index (κ3) is 1.99.